The van der Waals surface area contributed by atoms with Gasteiger partial charge in [0.2, 0.25) is 21.8 Å². The van der Waals surface area contributed by atoms with Gasteiger partial charge in [0.25, 0.3) is 0 Å². The molecule has 0 unspecified atom stereocenters. The number of fused-ring (bicyclic) bond motifs is 1. The van der Waals surface area contributed by atoms with Crippen LogP contribution in [0, 0.1) is 5.92 Å². The van der Waals surface area contributed by atoms with E-state index in [1.54, 1.807) is 12.1 Å². The number of anilines is 1. The third-order valence-corrected chi connectivity index (χ3v) is 6.86. The van der Waals surface area contributed by atoms with Crippen molar-refractivity contribution >= 4 is 27.5 Å². The summed E-state index contributed by atoms with van der Waals surface area (Å²) in [4.78, 5) is 26.3. The fraction of sp³-hybridized carbons (Fsp3) is 0.600. The number of nitrogens with one attached hydrogen (secondary N) is 2. The minimum absolute atomic E-state index is 0.0401. The minimum Gasteiger partial charge on any atom is -0.354 e. The van der Waals surface area contributed by atoms with Gasteiger partial charge in [-0.05, 0) is 63.3 Å². The van der Waals surface area contributed by atoms with Crippen molar-refractivity contribution < 1.29 is 18.0 Å². The molecule has 2 amide bonds. The monoisotopic (exact) mass is 407 g/mol. The van der Waals surface area contributed by atoms with E-state index in [0.717, 1.165) is 30.5 Å². The van der Waals surface area contributed by atoms with E-state index in [4.69, 9.17) is 0 Å². The second-order valence-electron chi connectivity index (χ2n) is 7.85. The van der Waals surface area contributed by atoms with Crippen molar-refractivity contribution in [2.45, 2.75) is 69.9 Å². The molecule has 0 bridgehead atoms. The summed E-state index contributed by atoms with van der Waals surface area (Å²) >= 11 is 0. The van der Waals surface area contributed by atoms with Gasteiger partial charge in [0.1, 0.15) is 0 Å². The van der Waals surface area contributed by atoms with Crippen LogP contribution in [0.4, 0.5) is 5.69 Å². The summed E-state index contributed by atoms with van der Waals surface area (Å²) in [7, 11) is -3.70. The number of hydrogen-bond donors (Lipinski definition) is 2. The van der Waals surface area contributed by atoms with Crippen molar-refractivity contribution in [3.8, 4) is 0 Å². The Balaban J connectivity index is 1.65. The molecule has 2 atom stereocenters. The topological polar surface area (TPSA) is 95.6 Å². The van der Waals surface area contributed by atoms with Crippen molar-refractivity contribution in [1.82, 2.24) is 10.0 Å². The molecule has 28 heavy (non-hydrogen) atoms. The Morgan fingerprint density at radius 2 is 2.00 bits per heavy atom. The van der Waals surface area contributed by atoms with Crippen LogP contribution >= 0.6 is 0 Å². The summed E-state index contributed by atoms with van der Waals surface area (Å²) < 4.78 is 27.7. The molecule has 1 aromatic carbocycles. The second kappa shape index (κ2) is 8.21. The lowest BCUT2D eigenvalue weighted by atomic mass is 10.1. The largest absolute Gasteiger partial charge is 0.354 e. The number of sulfonamides is 1. The van der Waals surface area contributed by atoms with Crippen molar-refractivity contribution in [2.24, 2.45) is 5.92 Å². The first-order chi connectivity index (χ1) is 13.2. The van der Waals surface area contributed by atoms with Crippen molar-refractivity contribution in [1.29, 1.82) is 0 Å². The van der Waals surface area contributed by atoms with Gasteiger partial charge in [-0.2, -0.15) is 0 Å². The number of carbonyl (C=O) groups is 2. The average Bonchev–Trinajstić information content (AvgIpc) is 3.42. The maximum absolute atomic E-state index is 12.6. The standard InChI is InChI=1S/C20H29N3O4S/c1-4-13(2)22-19(24)9-10-21-28(26,27)17-7-8-18-16(12-17)11-14(3)23(18)20(25)15-5-6-15/h7-8,12-15,21H,4-6,9-11H2,1-3H3,(H,22,24)/t13-,14-/m1/s1. The van der Waals surface area contributed by atoms with Crippen LogP contribution in [-0.4, -0.2) is 38.9 Å². The van der Waals surface area contributed by atoms with E-state index in [0.29, 0.717) is 6.42 Å². The third kappa shape index (κ3) is 4.55. The molecule has 0 spiro atoms. The number of rotatable bonds is 8. The second-order valence-corrected chi connectivity index (χ2v) is 9.62. The molecule has 2 N–H and O–H groups in total. The Bertz CT molecular complexity index is 864. The van der Waals surface area contributed by atoms with Gasteiger partial charge in [0, 0.05) is 36.7 Å². The lowest BCUT2D eigenvalue weighted by molar-refractivity contribution is -0.121. The zero-order valence-corrected chi connectivity index (χ0v) is 17.5. The van der Waals surface area contributed by atoms with Crippen LogP contribution in [-0.2, 0) is 26.0 Å². The molecule has 7 nitrogen and oxygen atoms in total. The lowest BCUT2D eigenvalue weighted by Gasteiger charge is -2.22. The number of carbonyl (C=O) groups excluding carboxylic acids is 2. The zero-order chi connectivity index (χ0) is 20.5. The van der Waals surface area contributed by atoms with Crippen LogP contribution in [0.15, 0.2) is 23.1 Å². The minimum atomic E-state index is -3.70. The van der Waals surface area contributed by atoms with Gasteiger partial charge in [-0.25, -0.2) is 13.1 Å². The van der Waals surface area contributed by atoms with E-state index in [2.05, 4.69) is 10.0 Å². The Hall–Kier alpha value is -1.93. The summed E-state index contributed by atoms with van der Waals surface area (Å²) in [5, 5.41) is 2.81. The molecule has 0 radical (unpaired) electrons. The van der Waals surface area contributed by atoms with Crippen molar-refractivity contribution in [2.75, 3.05) is 11.4 Å². The highest BCUT2D eigenvalue weighted by Crippen LogP contribution is 2.39. The molecule has 1 aromatic rings. The van der Waals surface area contributed by atoms with E-state index >= 15 is 0 Å². The number of benzene rings is 1. The molecule has 2 aliphatic rings. The van der Waals surface area contributed by atoms with Crippen LogP contribution in [0.3, 0.4) is 0 Å². The van der Waals surface area contributed by atoms with Gasteiger partial charge in [-0.3, -0.25) is 9.59 Å². The average molecular weight is 408 g/mol. The first kappa shape index (κ1) is 20.8. The summed E-state index contributed by atoms with van der Waals surface area (Å²) in [5.41, 5.74) is 1.69. The van der Waals surface area contributed by atoms with Crippen molar-refractivity contribution in [3.05, 3.63) is 23.8 Å². The number of hydrogen-bond acceptors (Lipinski definition) is 4. The third-order valence-electron chi connectivity index (χ3n) is 5.40. The highest BCUT2D eigenvalue weighted by Gasteiger charge is 2.39. The van der Waals surface area contributed by atoms with Crippen LogP contribution in [0.1, 0.15) is 52.0 Å². The van der Waals surface area contributed by atoms with Gasteiger partial charge >= 0.3 is 0 Å². The molecule has 1 aliphatic carbocycles. The first-order valence-electron chi connectivity index (χ1n) is 9.98. The van der Waals surface area contributed by atoms with Crippen molar-refractivity contribution in [3.63, 3.8) is 0 Å². The molecule has 3 rings (SSSR count). The molecule has 8 heteroatoms. The summed E-state index contributed by atoms with van der Waals surface area (Å²) in [6.07, 6.45) is 3.45. The smallest absolute Gasteiger partial charge is 0.240 e. The first-order valence-corrected chi connectivity index (χ1v) is 11.5. The quantitative estimate of drug-likeness (QED) is 0.689. The molecule has 1 saturated carbocycles. The van der Waals surface area contributed by atoms with Gasteiger partial charge in [0.15, 0.2) is 0 Å². The van der Waals surface area contributed by atoms with Gasteiger partial charge in [0.05, 0.1) is 4.90 Å². The van der Waals surface area contributed by atoms with Gasteiger partial charge < -0.3 is 10.2 Å². The summed E-state index contributed by atoms with van der Waals surface area (Å²) in [6, 6.07) is 5.02. The molecule has 154 valence electrons. The summed E-state index contributed by atoms with van der Waals surface area (Å²) in [6.45, 7) is 5.92. The number of amides is 2. The van der Waals surface area contributed by atoms with E-state index in [-0.39, 0.29) is 47.7 Å². The fourth-order valence-electron chi connectivity index (χ4n) is 3.47. The maximum Gasteiger partial charge on any atom is 0.240 e. The molecule has 1 aliphatic heterocycles. The Kier molecular flexibility index (Phi) is 6.09. The van der Waals surface area contributed by atoms with Crippen LogP contribution in [0.25, 0.3) is 0 Å². The van der Waals surface area contributed by atoms with Crippen LogP contribution < -0.4 is 14.9 Å². The molecule has 1 heterocycles. The molecular formula is C20H29N3O4S. The lowest BCUT2D eigenvalue weighted by Crippen LogP contribution is -2.36. The Morgan fingerprint density at radius 3 is 2.64 bits per heavy atom. The van der Waals surface area contributed by atoms with Gasteiger partial charge in [-0.1, -0.05) is 6.92 Å². The van der Waals surface area contributed by atoms with E-state index in [1.165, 1.54) is 6.07 Å². The van der Waals surface area contributed by atoms with Crippen LogP contribution in [0.2, 0.25) is 0 Å². The normalized spacial score (nSPS) is 20.0. The Morgan fingerprint density at radius 1 is 1.29 bits per heavy atom. The SMILES string of the molecule is CC[C@@H](C)NC(=O)CCNS(=O)(=O)c1ccc2c(c1)C[C@@H](C)N2C(=O)C1CC1. The highest BCUT2D eigenvalue weighted by atomic mass is 32.2. The zero-order valence-electron chi connectivity index (χ0n) is 16.7. The predicted molar refractivity (Wildman–Crippen MR) is 108 cm³/mol. The molecule has 0 aromatic heterocycles. The fourth-order valence-corrected chi connectivity index (χ4v) is 4.55. The highest BCUT2D eigenvalue weighted by molar-refractivity contribution is 7.89. The van der Waals surface area contributed by atoms with Gasteiger partial charge in [-0.15, -0.1) is 0 Å². The maximum atomic E-state index is 12.6. The van der Waals surface area contributed by atoms with E-state index in [1.807, 2.05) is 25.7 Å². The molecule has 1 fully saturated rings. The predicted octanol–water partition coefficient (Wildman–Crippen LogP) is 1.96. The van der Waals surface area contributed by atoms with E-state index in [9.17, 15) is 18.0 Å². The Labute approximate surface area is 166 Å². The van der Waals surface area contributed by atoms with E-state index < -0.39 is 10.0 Å². The van der Waals surface area contributed by atoms with Crippen LogP contribution in [0.5, 0.6) is 0 Å². The number of nitrogens with zero attached hydrogens (tertiary/aromatic N) is 1. The summed E-state index contributed by atoms with van der Waals surface area (Å²) in [5.74, 6) is 0.0985. The molecular weight excluding hydrogens is 378 g/mol. The molecule has 0 saturated heterocycles.